The third-order valence-electron chi connectivity index (χ3n) is 6.60. The summed E-state index contributed by atoms with van der Waals surface area (Å²) in [5.74, 6) is -0.0970. The van der Waals surface area contributed by atoms with E-state index in [-0.39, 0.29) is 49.0 Å². The maximum atomic E-state index is 12.9. The van der Waals surface area contributed by atoms with E-state index in [1.165, 1.54) is 39.6 Å². The lowest BCUT2D eigenvalue weighted by Gasteiger charge is -2.17. The summed E-state index contributed by atoms with van der Waals surface area (Å²) in [6.07, 6.45) is 5.38. The summed E-state index contributed by atoms with van der Waals surface area (Å²) in [6, 6.07) is 5.37. The number of benzene rings is 1. The predicted octanol–water partition coefficient (Wildman–Crippen LogP) is 2.59. The Balaban J connectivity index is 1.34. The lowest BCUT2D eigenvalue weighted by atomic mass is 10.1. The molecule has 12 heteroatoms. The Morgan fingerprint density at radius 2 is 1.74 bits per heavy atom. The number of aromatic nitrogens is 2. The molecule has 0 saturated carbocycles. The van der Waals surface area contributed by atoms with Crippen molar-refractivity contribution >= 4 is 11.7 Å². The van der Waals surface area contributed by atoms with Crippen LogP contribution in [-0.4, -0.2) is 49.1 Å². The van der Waals surface area contributed by atoms with Crippen molar-refractivity contribution in [2.45, 2.75) is 89.7 Å². The number of carbonyl (C=O) groups is 1. The zero-order valence-electron chi connectivity index (χ0n) is 21.5. The van der Waals surface area contributed by atoms with Gasteiger partial charge >= 0.3 is 11.7 Å². The summed E-state index contributed by atoms with van der Waals surface area (Å²) in [5, 5.41) is 29.9. The molecule has 0 spiro atoms. The van der Waals surface area contributed by atoms with Crippen LogP contribution in [0.15, 0.2) is 40.1 Å². The zero-order valence-corrected chi connectivity index (χ0v) is 21.5. The molecule has 0 bridgehead atoms. The van der Waals surface area contributed by atoms with Crippen LogP contribution in [0.2, 0.25) is 0 Å². The van der Waals surface area contributed by atoms with E-state index in [9.17, 15) is 34.7 Å². The van der Waals surface area contributed by atoms with Crippen LogP contribution in [0.1, 0.15) is 69.6 Å². The minimum Gasteiger partial charge on any atom is -0.427 e. The van der Waals surface area contributed by atoms with Gasteiger partial charge in [-0.05, 0) is 31.9 Å². The molecular weight excluding hydrogens is 498 g/mol. The van der Waals surface area contributed by atoms with Crippen LogP contribution in [0.3, 0.4) is 0 Å². The van der Waals surface area contributed by atoms with Crippen molar-refractivity contribution in [1.82, 2.24) is 9.13 Å². The molecule has 12 nitrogen and oxygen atoms in total. The number of hydrogen-bond donors (Lipinski definition) is 2. The Morgan fingerprint density at radius 1 is 1.11 bits per heavy atom. The van der Waals surface area contributed by atoms with Crippen molar-refractivity contribution in [3.05, 3.63) is 67.0 Å². The second kappa shape index (κ2) is 14.0. The van der Waals surface area contributed by atoms with Gasteiger partial charge in [-0.3, -0.25) is 28.8 Å². The number of aliphatic hydroxyl groups is 2. The summed E-state index contributed by atoms with van der Waals surface area (Å²) in [7, 11) is 0. The van der Waals surface area contributed by atoms with E-state index in [1.54, 1.807) is 6.92 Å². The first-order chi connectivity index (χ1) is 18.2. The molecule has 38 heavy (non-hydrogen) atoms. The Hall–Kier alpha value is -3.35. The highest BCUT2D eigenvalue weighted by atomic mass is 16.6. The van der Waals surface area contributed by atoms with Gasteiger partial charge in [-0.15, -0.1) is 0 Å². The molecule has 2 N–H and O–H groups in total. The molecule has 3 rings (SSSR count). The van der Waals surface area contributed by atoms with Crippen LogP contribution in [0, 0.1) is 17.0 Å². The standard InChI is InChI=1S/C26H35N3O9/c1-18-16-28(23-15-21(31)22(17-30)38-23)26(34)27(25(18)33)14-8-6-4-2-3-5-7-9-24(32)37-20-12-10-19(11-13-20)29(35)36/h10-13,16,21-23,30-31H,2-9,14-15,17H2,1H3/t21-,22+,23+/m0/s1. The van der Waals surface area contributed by atoms with E-state index in [4.69, 9.17) is 9.47 Å². The SMILES string of the molecule is Cc1cn([C@H]2C[C@H](O)[C@@H](CO)O2)c(=O)n(CCCCCCCCCC(=O)Oc2ccc([N+](=O)[O-])cc2)c1=O. The van der Waals surface area contributed by atoms with Gasteiger partial charge in [-0.25, -0.2) is 4.79 Å². The van der Waals surface area contributed by atoms with Crippen molar-refractivity contribution in [2.24, 2.45) is 0 Å². The number of non-ortho nitro benzene ring substituents is 1. The van der Waals surface area contributed by atoms with Gasteiger partial charge in [0.2, 0.25) is 0 Å². The summed E-state index contributed by atoms with van der Waals surface area (Å²) in [6.45, 7) is 1.56. The second-order valence-corrected chi connectivity index (χ2v) is 9.52. The molecule has 0 radical (unpaired) electrons. The smallest absolute Gasteiger partial charge is 0.333 e. The number of nitro benzene ring substituents is 1. The highest BCUT2D eigenvalue weighted by Crippen LogP contribution is 2.27. The first kappa shape index (κ1) is 29.2. The van der Waals surface area contributed by atoms with Gasteiger partial charge in [0.15, 0.2) is 0 Å². The van der Waals surface area contributed by atoms with Gasteiger partial charge in [0.25, 0.3) is 11.2 Å². The van der Waals surface area contributed by atoms with E-state index in [0.29, 0.717) is 18.4 Å². The van der Waals surface area contributed by atoms with Gasteiger partial charge < -0.3 is 19.7 Å². The molecule has 0 amide bonds. The number of esters is 1. The second-order valence-electron chi connectivity index (χ2n) is 9.52. The molecule has 2 aromatic rings. The number of nitrogens with zero attached hydrogens (tertiary/aromatic N) is 3. The fourth-order valence-electron chi connectivity index (χ4n) is 4.45. The van der Waals surface area contributed by atoms with Gasteiger partial charge in [-0.2, -0.15) is 0 Å². The average molecular weight is 534 g/mol. The average Bonchev–Trinajstić information content (AvgIpc) is 3.27. The molecule has 0 aliphatic carbocycles. The van der Waals surface area contributed by atoms with Crippen LogP contribution < -0.4 is 16.0 Å². The van der Waals surface area contributed by atoms with Gasteiger partial charge in [0.1, 0.15) is 18.1 Å². The molecule has 1 aromatic heterocycles. The molecule has 1 saturated heterocycles. The van der Waals surface area contributed by atoms with Crippen molar-refractivity contribution in [2.75, 3.05) is 6.61 Å². The van der Waals surface area contributed by atoms with E-state index in [0.717, 1.165) is 32.1 Å². The lowest BCUT2D eigenvalue weighted by Crippen LogP contribution is -2.42. The third kappa shape index (κ3) is 7.83. The Bertz CT molecular complexity index is 1210. The van der Waals surface area contributed by atoms with Gasteiger partial charge in [-0.1, -0.05) is 32.1 Å². The van der Waals surface area contributed by atoms with Gasteiger partial charge in [0.05, 0.1) is 17.6 Å². The van der Waals surface area contributed by atoms with Crippen molar-refractivity contribution in [1.29, 1.82) is 0 Å². The summed E-state index contributed by atoms with van der Waals surface area (Å²) in [4.78, 5) is 47.5. The van der Waals surface area contributed by atoms with Crippen LogP contribution in [0.4, 0.5) is 5.69 Å². The summed E-state index contributed by atoms with van der Waals surface area (Å²) >= 11 is 0. The first-order valence-electron chi connectivity index (χ1n) is 12.9. The zero-order chi connectivity index (χ0) is 27.7. The lowest BCUT2D eigenvalue weighted by molar-refractivity contribution is -0.384. The van der Waals surface area contributed by atoms with E-state index < -0.39 is 29.0 Å². The molecule has 3 atom stereocenters. The molecule has 1 fully saturated rings. The fraction of sp³-hybridized carbons (Fsp3) is 0.577. The number of unbranched alkanes of at least 4 members (excludes halogenated alkanes) is 6. The molecule has 1 aliphatic heterocycles. The quantitative estimate of drug-likeness (QED) is 0.122. The van der Waals surface area contributed by atoms with Crippen molar-refractivity contribution < 1.29 is 29.4 Å². The Labute approximate surface area is 219 Å². The minimum absolute atomic E-state index is 0.0656. The van der Waals surface area contributed by atoms with E-state index in [2.05, 4.69) is 0 Å². The predicted molar refractivity (Wildman–Crippen MR) is 137 cm³/mol. The van der Waals surface area contributed by atoms with Crippen LogP contribution >= 0.6 is 0 Å². The largest absolute Gasteiger partial charge is 0.427 e. The summed E-state index contributed by atoms with van der Waals surface area (Å²) < 4.78 is 13.3. The monoisotopic (exact) mass is 533 g/mol. The number of nitro groups is 1. The number of hydrogen-bond acceptors (Lipinski definition) is 9. The topological polar surface area (TPSA) is 163 Å². The highest BCUT2D eigenvalue weighted by Gasteiger charge is 2.35. The maximum Gasteiger partial charge on any atom is 0.333 e. The Kier molecular flexibility index (Phi) is 10.7. The van der Waals surface area contributed by atoms with Crippen molar-refractivity contribution in [3.8, 4) is 5.75 Å². The molecule has 1 aromatic carbocycles. The van der Waals surface area contributed by atoms with Crippen LogP contribution in [-0.2, 0) is 16.1 Å². The van der Waals surface area contributed by atoms with Gasteiger partial charge in [0, 0.05) is 43.3 Å². The number of carbonyl (C=O) groups excluding carboxylic acids is 1. The molecular formula is C26H35N3O9. The number of rotatable bonds is 14. The third-order valence-corrected chi connectivity index (χ3v) is 6.60. The fourth-order valence-corrected chi connectivity index (χ4v) is 4.45. The first-order valence-corrected chi connectivity index (χ1v) is 12.9. The number of aliphatic hydroxyl groups excluding tert-OH is 2. The summed E-state index contributed by atoms with van der Waals surface area (Å²) in [5.41, 5.74) is -0.493. The number of ether oxygens (including phenoxy) is 2. The Morgan fingerprint density at radius 3 is 2.34 bits per heavy atom. The molecule has 0 unspecified atom stereocenters. The molecule has 208 valence electrons. The van der Waals surface area contributed by atoms with Crippen molar-refractivity contribution in [3.63, 3.8) is 0 Å². The minimum atomic E-state index is -0.877. The van der Waals surface area contributed by atoms with E-state index in [1.807, 2.05) is 0 Å². The van der Waals surface area contributed by atoms with Crippen LogP contribution in [0.5, 0.6) is 5.75 Å². The highest BCUT2D eigenvalue weighted by molar-refractivity contribution is 5.72. The molecule has 1 aliphatic rings. The maximum absolute atomic E-state index is 12.9. The normalized spacial score (nSPS) is 19.0. The number of aryl methyl sites for hydroxylation is 1. The van der Waals surface area contributed by atoms with E-state index >= 15 is 0 Å². The van der Waals surface area contributed by atoms with Crippen LogP contribution in [0.25, 0.3) is 0 Å². The molecule has 2 heterocycles.